The van der Waals surface area contributed by atoms with E-state index in [1.54, 1.807) is 13.8 Å². The third-order valence-electron chi connectivity index (χ3n) is 4.78. The molecule has 2 aromatic rings. The molecular weight excluding hydrogens is 482 g/mol. The number of carbonyl (C=O) groups is 5. The monoisotopic (exact) mass is 513 g/mol. The van der Waals surface area contributed by atoms with Gasteiger partial charge in [0.15, 0.2) is 0 Å². The topological polar surface area (TPSA) is 149 Å². The van der Waals surface area contributed by atoms with Crippen molar-refractivity contribution in [2.75, 3.05) is 32.8 Å². The molecule has 0 aliphatic rings. The van der Waals surface area contributed by atoms with Crippen molar-refractivity contribution < 1.29 is 38.2 Å². The molecule has 2 rings (SSSR count). The second-order valence-electron chi connectivity index (χ2n) is 7.58. The Morgan fingerprint density at radius 2 is 1.24 bits per heavy atom. The second-order valence-corrected chi connectivity index (χ2v) is 7.58. The average Bonchev–Trinajstić information content (AvgIpc) is 2.90. The predicted octanol–water partition coefficient (Wildman–Crippen LogP) is 2.20. The highest BCUT2D eigenvalue weighted by Gasteiger charge is 2.17. The van der Waals surface area contributed by atoms with Crippen LogP contribution in [0.1, 0.15) is 56.9 Å². The largest absolute Gasteiger partial charge is 0.462 e. The maximum absolute atomic E-state index is 12.6. The summed E-state index contributed by atoms with van der Waals surface area (Å²) in [5.41, 5.74) is 1.00. The lowest BCUT2D eigenvalue weighted by Gasteiger charge is -2.11. The molecule has 198 valence electrons. The summed E-state index contributed by atoms with van der Waals surface area (Å²) in [7, 11) is 0. The minimum absolute atomic E-state index is 0.0267. The molecule has 2 aromatic carbocycles. The molecule has 3 amide bonds. The van der Waals surface area contributed by atoms with Gasteiger partial charge in [0.1, 0.15) is 6.61 Å². The van der Waals surface area contributed by atoms with E-state index in [0.29, 0.717) is 0 Å². The van der Waals surface area contributed by atoms with Gasteiger partial charge in [0.25, 0.3) is 5.91 Å². The van der Waals surface area contributed by atoms with Gasteiger partial charge < -0.3 is 30.2 Å². The maximum atomic E-state index is 12.6. The Morgan fingerprint density at radius 3 is 1.84 bits per heavy atom. The number of benzene rings is 2. The summed E-state index contributed by atoms with van der Waals surface area (Å²) < 4.78 is 15.0. The number of hydrogen-bond donors (Lipinski definition) is 3. The highest BCUT2D eigenvalue weighted by Crippen LogP contribution is 2.13. The third kappa shape index (κ3) is 10.4. The van der Waals surface area contributed by atoms with Crippen LogP contribution in [-0.4, -0.2) is 62.7 Å². The lowest BCUT2D eigenvalue weighted by Crippen LogP contribution is -2.36. The molecule has 0 radical (unpaired) electrons. The first-order valence-corrected chi connectivity index (χ1v) is 11.8. The molecule has 0 atom stereocenters. The molecule has 11 nitrogen and oxygen atoms in total. The molecule has 0 fully saturated rings. The minimum atomic E-state index is -0.674. The summed E-state index contributed by atoms with van der Waals surface area (Å²) in [5, 5.41) is 7.72. The van der Waals surface area contributed by atoms with Gasteiger partial charge in [-0.3, -0.25) is 9.59 Å². The molecule has 0 aromatic heterocycles. The van der Waals surface area contributed by atoms with Gasteiger partial charge in [-0.05, 0) is 37.6 Å². The fourth-order valence-corrected chi connectivity index (χ4v) is 3.04. The van der Waals surface area contributed by atoms with Crippen LogP contribution in [-0.2, 0) is 25.6 Å². The molecule has 0 aliphatic carbocycles. The zero-order chi connectivity index (χ0) is 27.0. The quantitative estimate of drug-likeness (QED) is 0.210. The van der Waals surface area contributed by atoms with Crippen LogP contribution in [0.2, 0.25) is 0 Å². The molecule has 0 bridgehead atoms. The molecule has 11 heteroatoms. The molecule has 0 aliphatic heterocycles. The van der Waals surface area contributed by atoms with Gasteiger partial charge in [-0.1, -0.05) is 30.3 Å². The van der Waals surface area contributed by atoms with E-state index in [2.05, 4.69) is 16.0 Å². The summed E-state index contributed by atoms with van der Waals surface area (Å²) in [6.07, 6.45) is -0.602. The van der Waals surface area contributed by atoms with Crippen molar-refractivity contribution in [3.63, 3.8) is 0 Å². The van der Waals surface area contributed by atoms with E-state index in [1.807, 2.05) is 30.3 Å². The van der Waals surface area contributed by atoms with E-state index >= 15 is 0 Å². The van der Waals surface area contributed by atoms with E-state index in [9.17, 15) is 24.0 Å². The number of amides is 3. The van der Waals surface area contributed by atoms with E-state index in [-0.39, 0.29) is 68.5 Å². The standard InChI is InChI=1S/C26H31N3O8/c1-3-35-24(32)20-14-19(15-21(16-20)25(33)36-4-2)23(31)28-13-12-27-22(30)10-11-29-26(34)37-17-18-8-6-5-7-9-18/h5-9,14-16H,3-4,10-13,17H2,1-2H3,(H,27,30)(H,28,31)(H,29,34). The van der Waals surface area contributed by atoms with Crippen LogP contribution >= 0.6 is 0 Å². The Bertz CT molecular complexity index is 1050. The van der Waals surface area contributed by atoms with Crippen LogP contribution in [0.4, 0.5) is 4.79 Å². The normalized spacial score (nSPS) is 10.1. The van der Waals surface area contributed by atoms with Crippen molar-refractivity contribution in [3.05, 3.63) is 70.8 Å². The molecule has 37 heavy (non-hydrogen) atoms. The lowest BCUT2D eigenvalue weighted by molar-refractivity contribution is -0.120. The van der Waals surface area contributed by atoms with Crippen LogP contribution in [0.15, 0.2) is 48.5 Å². The van der Waals surface area contributed by atoms with Crippen LogP contribution in [0, 0.1) is 0 Å². The number of alkyl carbamates (subject to hydrolysis) is 1. The number of ether oxygens (including phenoxy) is 3. The lowest BCUT2D eigenvalue weighted by atomic mass is 10.0. The summed E-state index contributed by atoms with van der Waals surface area (Å²) in [4.78, 5) is 60.5. The number of hydrogen-bond acceptors (Lipinski definition) is 8. The maximum Gasteiger partial charge on any atom is 0.407 e. The molecule has 0 unspecified atom stereocenters. The van der Waals surface area contributed by atoms with E-state index < -0.39 is 23.9 Å². The minimum Gasteiger partial charge on any atom is -0.462 e. The fraction of sp³-hybridized carbons (Fsp3) is 0.346. The summed E-state index contributed by atoms with van der Waals surface area (Å²) in [6.45, 7) is 3.99. The number of nitrogens with one attached hydrogen (secondary N) is 3. The first kappa shape index (κ1) is 28.8. The first-order valence-electron chi connectivity index (χ1n) is 11.8. The van der Waals surface area contributed by atoms with Crippen molar-refractivity contribution in [1.82, 2.24) is 16.0 Å². The van der Waals surface area contributed by atoms with Crippen molar-refractivity contribution in [2.45, 2.75) is 26.9 Å². The van der Waals surface area contributed by atoms with Crippen molar-refractivity contribution in [1.29, 1.82) is 0 Å². The SMILES string of the molecule is CCOC(=O)c1cc(C(=O)NCCNC(=O)CCNC(=O)OCc2ccccc2)cc(C(=O)OCC)c1. The van der Waals surface area contributed by atoms with Crippen LogP contribution in [0.25, 0.3) is 0 Å². The number of carbonyl (C=O) groups excluding carboxylic acids is 5. The van der Waals surface area contributed by atoms with Gasteiger partial charge in [0, 0.05) is 31.6 Å². The van der Waals surface area contributed by atoms with E-state index in [0.717, 1.165) is 5.56 Å². The third-order valence-corrected chi connectivity index (χ3v) is 4.78. The highest BCUT2D eigenvalue weighted by molar-refractivity contribution is 6.02. The van der Waals surface area contributed by atoms with Gasteiger partial charge in [-0.2, -0.15) is 0 Å². The Kier molecular flexibility index (Phi) is 12.1. The van der Waals surface area contributed by atoms with Gasteiger partial charge in [0.05, 0.1) is 24.3 Å². The smallest absolute Gasteiger partial charge is 0.407 e. The molecular formula is C26H31N3O8. The highest BCUT2D eigenvalue weighted by atomic mass is 16.5. The van der Waals surface area contributed by atoms with Gasteiger partial charge in [0.2, 0.25) is 5.91 Å². The summed E-state index contributed by atoms with van der Waals surface area (Å²) >= 11 is 0. The van der Waals surface area contributed by atoms with E-state index in [1.165, 1.54) is 18.2 Å². The molecule has 3 N–H and O–H groups in total. The Morgan fingerprint density at radius 1 is 0.676 bits per heavy atom. The zero-order valence-electron chi connectivity index (χ0n) is 20.8. The molecule has 0 saturated heterocycles. The van der Waals surface area contributed by atoms with Gasteiger partial charge in [-0.15, -0.1) is 0 Å². The average molecular weight is 514 g/mol. The van der Waals surface area contributed by atoms with Crippen molar-refractivity contribution in [3.8, 4) is 0 Å². The number of rotatable bonds is 13. The van der Waals surface area contributed by atoms with Crippen LogP contribution in [0.5, 0.6) is 0 Å². The zero-order valence-corrected chi connectivity index (χ0v) is 20.8. The summed E-state index contributed by atoms with van der Waals surface area (Å²) in [5.74, 6) is -2.22. The molecule has 0 saturated carbocycles. The number of esters is 2. The van der Waals surface area contributed by atoms with Gasteiger partial charge in [-0.25, -0.2) is 14.4 Å². The van der Waals surface area contributed by atoms with Crippen molar-refractivity contribution >= 4 is 29.8 Å². The summed E-state index contributed by atoms with van der Waals surface area (Å²) in [6, 6.07) is 13.1. The Labute approximate surface area is 214 Å². The van der Waals surface area contributed by atoms with E-state index in [4.69, 9.17) is 14.2 Å². The van der Waals surface area contributed by atoms with Crippen LogP contribution in [0.3, 0.4) is 0 Å². The van der Waals surface area contributed by atoms with Crippen molar-refractivity contribution in [2.24, 2.45) is 0 Å². The van der Waals surface area contributed by atoms with Gasteiger partial charge >= 0.3 is 18.0 Å². The van der Waals surface area contributed by atoms with Crippen LogP contribution < -0.4 is 16.0 Å². The molecule has 0 spiro atoms. The first-order chi connectivity index (χ1) is 17.8. The predicted molar refractivity (Wildman–Crippen MR) is 133 cm³/mol. The Hall–Kier alpha value is -4.41. The fourth-order valence-electron chi connectivity index (χ4n) is 3.04. The Balaban J connectivity index is 1.75. The second kappa shape index (κ2) is 15.6. The molecule has 0 heterocycles.